The van der Waals surface area contributed by atoms with Gasteiger partial charge in [-0.05, 0) is 53.3 Å². The minimum absolute atomic E-state index is 0.0170. The summed E-state index contributed by atoms with van der Waals surface area (Å²) >= 11 is 0. The second-order valence-corrected chi connectivity index (χ2v) is 7.41. The summed E-state index contributed by atoms with van der Waals surface area (Å²) in [4.78, 5) is 24.3. The van der Waals surface area contributed by atoms with E-state index in [0.717, 1.165) is 12.0 Å². The smallest absolute Gasteiger partial charge is 0.336 e. The third-order valence-corrected chi connectivity index (χ3v) is 4.62. The topological polar surface area (TPSA) is 88.4 Å². The van der Waals surface area contributed by atoms with Crippen LogP contribution in [0.5, 0.6) is 11.5 Å². The van der Waals surface area contributed by atoms with E-state index in [9.17, 15) is 14.9 Å². The largest absolute Gasteiger partial charge is 0.493 e. The first-order valence-corrected chi connectivity index (χ1v) is 10.5. The SMILES string of the molecule is CCCNC(=O)/C(C#N)=C/c1ccc(OC(=O)/C=C/c2ccc(C(C)C)cc2)c(OC)c1. The second kappa shape index (κ2) is 12.1. The predicted octanol–water partition coefficient (Wildman–Crippen LogP) is 4.87. The number of methoxy groups -OCH3 is 1. The Morgan fingerprint density at radius 3 is 2.38 bits per heavy atom. The van der Waals surface area contributed by atoms with Crippen molar-refractivity contribution in [3.8, 4) is 17.6 Å². The van der Waals surface area contributed by atoms with Crippen LogP contribution < -0.4 is 14.8 Å². The van der Waals surface area contributed by atoms with Crippen LogP contribution in [0.4, 0.5) is 0 Å². The summed E-state index contributed by atoms with van der Waals surface area (Å²) in [5.41, 5.74) is 2.68. The number of amides is 1. The highest BCUT2D eigenvalue weighted by Gasteiger charge is 2.12. The van der Waals surface area contributed by atoms with Crippen LogP contribution >= 0.6 is 0 Å². The molecule has 0 fully saturated rings. The van der Waals surface area contributed by atoms with Crippen molar-refractivity contribution in [1.82, 2.24) is 5.32 Å². The average molecular weight is 433 g/mol. The maximum atomic E-state index is 12.3. The van der Waals surface area contributed by atoms with Crippen LogP contribution in [0.15, 0.2) is 54.1 Å². The molecule has 0 aromatic heterocycles. The molecule has 0 bridgehead atoms. The number of rotatable bonds is 9. The normalized spacial score (nSPS) is 11.3. The van der Waals surface area contributed by atoms with Crippen LogP contribution in [-0.2, 0) is 9.59 Å². The number of nitrogens with one attached hydrogen (secondary N) is 1. The summed E-state index contributed by atoms with van der Waals surface area (Å²) in [6.07, 6.45) is 5.27. The van der Waals surface area contributed by atoms with Gasteiger partial charge in [0, 0.05) is 12.6 Å². The van der Waals surface area contributed by atoms with Crippen molar-refractivity contribution in [3.63, 3.8) is 0 Å². The van der Waals surface area contributed by atoms with Gasteiger partial charge in [0.05, 0.1) is 7.11 Å². The first-order chi connectivity index (χ1) is 15.4. The second-order valence-electron chi connectivity index (χ2n) is 7.41. The molecule has 1 amide bonds. The molecule has 0 radical (unpaired) electrons. The molecule has 0 aliphatic heterocycles. The van der Waals surface area contributed by atoms with Gasteiger partial charge in [0.1, 0.15) is 11.6 Å². The summed E-state index contributed by atoms with van der Waals surface area (Å²) in [6.45, 7) is 6.67. The van der Waals surface area contributed by atoms with Crippen molar-refractivity contribution in [1.29, 1.82) is 5.26 Å². The van der Waals surface area contributed by atoms with Crippen LogP contribution in [0.3, 0.4) is 0 Å². The number of carbonyl (C=O) groups excluding carboxylic acids is 2. The maximum absolute atomic E-state index is 12.3. The Hall–Kier alpha value is -3.85. The molecule has 1 N–H and O–H groups in total. The van der Waals surface area contributed by atoms with Crippen LogP contribution in [0.2, 0.25) is 0 Å². The molecule has 6 heteroatoms. The van der Waals surface area contributed by atoms with Gasteiger partial charge in [-0.2, -0.15) is 5.26 Å². The number of esters is 1. The van der Waals surface area contributed by atoms with Gasteiger partial charge in [0.2, 0.25) is 0 Å². The van der Waals surface area contributed by atoms with E-state index < -0.39 is 11.9 Å². The monoisotopic (exact) mass is 432 g/mol. The highest BCUT2D eigenvalue weighted by Crippen LogP contribution is 2.29. The molecule has 0 saturated carbocycles. The van der Waals surface area contributed by atoms with E-state index in [4.69, 9.17) is 9.47 Å². The van der Waals surface area contributed by atoms with Crippen molar-refractivity contribution >= 4 is 24.0 Å². The summed E-state index contributed by atoms with van der Waals surface area (Å²) < 4.78 is 10.7. The molecule has 0 atom stereocenters. The molecule has 0 aliphatic rings. The van der Waals surface area contributed by atoms with Crippen LogP contribution in [0.1, 0.15) is 49.8 Å². The molecule has 0 saturated heterocycles. The van der Waals surface area contributed by atoms with E-state index in [1.54, 1.807) is 24.3 Å². The maximum Gasteiger partial charge on any atom is 0.336 e. The number of ether oxygens (including phenoxy) is 2. The van der Waals surface area contributed by atoms with Crippen molar-refractivity contribution in [2.24, 2.45) is 0 Å². The summed E-state index contributed by atoms with van der Waals surface area (Å²) in [5, 5.41) is 11.9. The van der Waals surface area contributed by atoms with E-state index >= 15 is 0 Å². The first-order valence-electron chi connectivity index (χ1n) is 10.5. The molecule has 0 aliphatic carbocycles. The number of carbonyl (C=O) groups is 2. The van der Waals surface area contributed by atoms with E-state index in [1.807, 2.05) is 37.3 Å². The fraction of sp³-hybridized carbons (Fsp3) is 0.269. The fourth-order valence-electron chi connectivity index (χ4n) is 2.81. The third-order valence-electron chi connectivity index (χ3n) is 4.62. The Bertz CT molecular complexity index is 1040. The molecular formula is C26H28N2O4. The lowest BCUT2D eigenvalue weighted by Crippen LogP contribution is -2.25. The predicted molar refractivity (Wildman–Crippen MR) is 125 cm³/mol. The molecule has 6 nitrogen and oxygen atoms in total. The quantitative estimate of drug-likeness (QED) is 0.264. The van der Waals surface area contributed by atoms with Gasteiger partial charge >= 0.3 is 5.97 Å². The molecule has 2 aromatic rings. The van der Waals surface area contributed by atoms with Crippen molar-refractivity contribution in [2.75, 3.05) is 13.7 Å². The number of benzene rings is 2. The highest BCUT2D eigenvalue weighted by atomic mass is 16.6. The van der Waals surface area contributed by atoms with Crippen molar-refractivity contribution in [3.05, 3.63) is 70.8 Å². The summed E-state index contributed by atoms with van der Waals surface area (Å²) in [7, 11) is 1.45. The third kappa shape index (κ3) is 7.13. The van der Waals surface area contributed by atoms with Gasteiger partial charge in [-0.15, -0.1) is 0 Å². The molecule has 0 unspecified atom stereocenters. The van der Waals surface area contributed by atoms with Crippen LogP contribution in [0, 0.1) is 11.3 Å². The van der Waals surface area contributed by atoms with E-state index in [0.29, 0.717) is 23.8 Å². The van der Waals surface area contributed by atoms with Crippen molar-refractivity contribution < 1.29 is 19.1 Å². The van der Waals surface area contributed by atoms with Gasteiger partial charge in [-0.25, -0.2) is 4.79 Å². The molecule has 0 heterocycles. The number of nitrogens with zero attached hydrogens (tertiary/aromatic N) is 1. The van der Waals surface area contributed by atoms with Crippen LogP contribution in [0.25, 0.3) is 12.2 Å². The zero-order chi connectivity index (χ0) is 23.5. The zero-order valence-electron chi connectivity index (χ0n) is 18.8. The number of hydrogen-bond acceptors (Lipinski definition) is 5. The zero-order valence-corrected chi connectivity index (χ0v) is 18.8. The molecule has 0 spiro atoms. The lowest BCUT2D eigenvalue weighted by atomic mass is 10.0. The van der Waals surface area contributed by atoms with Gasteiger partial charge in [-0.3, -0.25) is 4.79 Å². The van der Waals surface area contributed by atoms with Gasteiger partial charge in [0.25, 0.3) is 5.91 Å². The minimum Gasteiger partial charge on any atom is -0.493 e. The van der Waals surface area contributed by atoms with Crippen molar-refractivity contribution in [2.45, 2.75) is 33.1 Å². The Balaban J connectivity index is 2.12. The molecule has 166 valence electrons. The Morgan fingerprint density at radius 1 is 1.09 bits per heavy atom. The first kappa shape index (κ1) is 24.4. The van der Waals surface area contributed by atoms with Gasteiger partial charge in [0.15, 0.2) is 11.5 Å². The van der Waals surface area contributed by atoms with Gasteiger partial charge in [-0.1, -0.05) is 51.1 Å². The Morgan fingerprint density at radius 2 is 1.78 bits per heavy atom. The van der Waals surface area contributed by atoms with Crippen LogP contribution in [-0.4, -0.2) is 25.5 Å². The number of nitriles is 1. The Labute approximate surface area is 189 Å². The molecule has 2 rings (SSSR count). The van der Waals surface area contributed by atoms with E-state index in [1.165, 1.54) is 24.8 Å². The van der Waals surface area contributed by atoms with E-state index in [-0.39, 0.29) is 11.3 Å². The minimum atomic E-state index is -0.545. The van der Waals surface area contributed by atoms with Gasteiger partial charge < -0.3 is 14.8 Å². The van der Waals surface area contributed by atoms with E-state index in [2.05, 4.69) is 19.2 Å². The lowest BCUT2D eigenvalue weighted by molar-refractivity contribution is -0.129. The summed E-state index contributed by atoms with van der Waals surface area (Å²) in [6, 6.07) is 14.7. The Kier molecular flexibility index (Phi) is 9.24. The molecule has 32 heavy (non-hydrogen) atoms. The fourth-order valence-corrected chi connectivity index (χ4v) is 2.81. The standard InChI is InChI=1S/C26H28N2O4/c1-5-14-28-26(30)22(17-27)15-20-8-12-23(24(16-20)31-4)32-25(29)13-9-19-6-10-21(11-7-19)18(2)3/h6-13,15-16,18H,5,14H2,1-4H3,(H,28,30)/b13-9+,22-15+. The lowest BCUT2D eigenvalue weighted by Gasteiger charge is -2.09. The molecule has 2 aromatic carbocycles. The summed E-state index contributed by atoms with van der Waals surface area (Å²) in [5.74, 6) is 0.0150. The number of hydrogen-bond donors (Lipinski definition) is 1. The highest BCUT2D eigenvalue weighted by molar-refractivity contribution is 6.01. The molecular weight excluding hydrogens is 404 g/mol. The average Bonchev–Trinajstić information content (AvgIpc) is 2.80.